The van der Waals surface area contributed by atoms with Crippen molar-refractivity contribution in [1.29, 1.82) is 0 Å². The van der Waals surface area contributed by atoms with E-state index < -0.39 is 0 Å². The Balaban J connectivity index is 2.08. The standard InChI is InChI=1S/C15H16FNO/c1-11-3-8-14(15(9-11)18-2)17-10-12-4-6-13(16)7-5-12/h3-9,17H,10H2,1-2H3. The van der Waals surface area contributed by atoms with Crippen molar-refractivity contribution < 1.29 is 9.13 Å². The minimum atomic E-state index is -0.216. The molecule has 0 unspecified atom stereocenters. The van der Waals surface area contributed by atoms with Gasteiger partial charge in [-0.2, -0.15) is 0 Å². The van der Waals surface area contributed by atoms with Crippen LogP contribution < -0.4 is 10.1 Å². The molecule has 0 aliphatic carbocycles. The first-order valence-electron chi connectivity index (χ1n) is 5.82. The predicted molar refractivity (Wildman–Crippen MR) is 71.5 cm³/mol. The fourth-order valence-electron chi connectivity index (χ4n) is 1.74. The van der Waals surface area contributed by atoms with E-state index in [0.29, 0.717) is 6.54 Å². The van der Waals surface area contributed by atoms with Crippen LogP contribution in [0, 0.1) is 12.7 Å². The molecule has 0 aliphatic rings. The van der Waals surface area contributed by atoms with Crippen molar-refractivity contribution in [3.05, 3.63) is 59.4 Å². The molecule has 0 fully saturated rings. The van der Waals surface area contributed by atoms with Gasteiger partial charge in [-0.15, -0.1) is 0 Å². The van der Waals surface area contributed by atoms with Gasteiger partial charge in [0.1, 0.15) is 11.6 Å². The van der Waals surface area contributed by atoms with E-state index >= 15 is 0 Å². The van der Waals surface area contributed by atoms with Crippen molar-refractivity contribution in [3.8, 4) is 5.75 Å². The van der Waals surface area contributed by atoms with Crippen LogP contribution in [0.5, 0.6) is 5.75 Å². The SMILES string of the molecule is COc1cc(C)ccc1NCc1ccc(F)cc1. The zero-order valence-electron chi connectivity index (χ0n) is 10.5. The third-order valence-corrected chi connectivity index (χ3v) is 2.75. The van der Waals surface area contributed by atoms with Crippen molar-refractivity contribution in [1.82, 2.24) is 0 Å². The average molecular weight is 245 g/mol. The van der Waals surface area contributed by atoms with Crippen LogP contribution in [0.15, 0.2) is 42.5 Å². The Morgan fingerprint density at radius 2 is 1.83 bits per heavy atom. The normalized spacial score (nSPS) is 10.2. The minimum absolute atomic E-state index is 0.216. The summed E-state index contributed by atoms with van der Waals surface area (Å²) >= 11 is 0. The van der Waals surface area contributed by atoms with E-state index in [1.165, 1.54) is 12.1 Å². The molecule has 0 heterocycles. The van der Waals surface area contributed by atoms with E-state index in [1.54, 1.807) is 19.2 Å². The van der Waals surface area contributed by atoms with Crippen molar-refractivity contribution in [2.75, 3.05) is 12.4 Å². The summed E-state index contributed by atoms with van der Waals surface area (Å²) < 4.78 is 18.1. The maximum Gasteiger partial charge on any atom is 0.142 e. The van der Waals surface area contributed by atoms with Gasteiger partial charge in [-0.3, -0.25) is 0 Å². The lowest BCUT2D eigenvalue weighted by atomic mass is 10.2. The number of aryl methyl sites for hydroxylation is 1. The Morgan fingerprint density at radius 3 is 2.50 bits per heavy atom. The number of anilines is 1. The first kappa shape index (κ1) is 12.4. The Labute approximate surface area is 106 Å². The summed E-state index contributed by atoms with van der Waals surface area (Å²) in [5.74, 6) is 0.601. The molecule has 3 heteroatoms. The quantitative estimate of drug-likeness (QED) is 0.885. The molecule has 0 aromatic heterocycles. The first-order chi connectivity index (χ1) is 8.69. The van der Waals surface area contributed by atoms with Crippen molar-refractivity contribution in [3.63, 3.8) is 0 Å². The molecule has 0 atom stereocenters. The molecule has 0 spiro atoms. The fraction of sp³-hybridized carbons (Fsp3) is 0.200. The molecule has 0 bridgehead atoms. The van der Waals surface area contributed by atoms with E-state index in [4.69, 9.17) is 4.74 Å². The lowest BCUT2D eigenvalue weighted by Crippen LogP contribution is -2.01. The lowest BCUT2D eigenvalue weighted by Gasteiger charge is -2.11. The lowest BCUT2D eigenvalue weighted by molar-refractivity contribution is 0.416. The molecule has 0 saturated carbocycles. The van der Waals surface area contributed by atoms with Crippen LogP contribution in [0.3, 0.4) is 0 Å². The molecule has 2 nitrogen and oxygen atoms in total. The van der Waals surface area contributed by atoms with Crippen molar-refractivity contribution in [2.45, 2.75) is 13.5 Å². The van der Waals surface area contributed by atoms with E-state index in [9.17, 15) is 4.39 Å². The number of methoxy groups -OCH3 is 1. The molecule has 2 rings (SSSR count). The monoisotopic (exact) mass is 245 g/mol. The fourth-order valence-corrected chi connectivity index (χ4v) is 1.74. The Morgan fingerprint density at radius 1 is 1.11 bits per heavy atom. The summed E-state index contributed by atoms with van der Waals surface area (Å²) in [4.78, 5) is 0. The first-order valence-corrected chi connectivity index (χ1v) is 5.82. The zero-order chi connectivity index (χ0) is 13.0. The Hall–Kier alpha value is -2.03. The summed E-state index contributed by atoms with van der Waals surface area (Å²) in [5, 5.41) is 3.28. The van der Waals surface area contributed by atoms with Crippen LogP contribution in [0.1, 0.15) is 11.1 Å². The molecule has 0 saturated heterocycles. The van der Waals surface area contributed by atoms with Gasteiger partial charge in [0.25, 0.3) is 0 Å². The van der Waals surface area contributed by atoms with Crippen LogP contribution in [0.4, 0.5) is 10.1 Å². The molecular formula is C15H16FNO. The number of nitrogens with one attached hydrogen (secondary N) is 1. The highest BCUT2D eigenvalue weighted by Crippen LogP contribution is 2.25. The van der Waals surface area contributed by atoms with Crippen LogP contribution in [0.2, 0.25) is 0 Å². The summed E-state index contributed by atoms with van der Waals surface area (Å²) in [6, 6.07) is 12.4. The number of benzene rings is 2. The van der Waals surface area contributed by atoms with Gasteiger partial charge < -0.3 is 10.1 Å². The van der Waals surface area contributed by atoms with Gasteiger partial charge in [0.2, 0.25) is 0 Å². The minimum Gasteiger partial charge on any atom is -0.495 e. The van der Waals surface area contributed by atoms with Gasteiger partial charge in [0.15, 0.2) is 0 Å². The van der Waals surface area contributed by atoms with Crippen LogP contribution in [0.25, 0.3) is 0 Å². The largest absolute Gasteiger partial charge is 0.495 e. The average Bonchev–Trinajstić information content (AvgIpc) is 2.39. The molecule has 2 aromatic rings. The third kappa shape index (κ3) is 3.00. The molecule has 0 amide bonds. The molecule has 2 aromatic carbocycles. The van der Waals surface area contributed by atoms with Gasteiger partial charge in [0.05, 0.1) is 12.8 Å². The number of hydrogen-bond acceptors (Lipinski definition) is 2. The number of rotatable bonds is 4. The van der Waals surface area contributed by atoms with E-state index in [0.717, 1.165) is 22.6 Å². The second kappa shape index (κ2) is 5.54. The van der Waals surface area contributed by atoms with Crippen LogP contribution in [-0.2, 0) is 6.54 Å². The zero-order valence-corrected chi connectivity index (χ0v) is 10.5. The highest BCUT2D eigenvalue weighted by Gasteiger charge is 2.02. The van der Waals surface area contributed by atoms with E-state index in [2.05, 4.69) is 5.32 Å². The Bertz CT molecular complexity index is 523. The third-order valence-electron chi connectivity index (χ3n) is 2.75. The smallest absolute Gasteiger partial charge is 0.142 e. The highest BCUT2D eigenvalue weighted by molar-refractivity contribution is 5.57. The molecule has 0 aliphatic heterocycles. The van der Waals surface area contributed by atoms with Gasteiger partial charge in [0, 0.05) is 6.54 Å². The molecule has 18 heavy (non-hydrogen) atoms. The van der Waals surface area contributed by atoms with Crippen molar-refractivity contribution >= 4 is 5.69 Å². The van der Waals surface area contributed by atoms with Gasteiger partial charge >= 0.3 is 0 Å². The molecule has 94 valence electrons. The highest BCUT2D eigenvalue weighted by atomic mass is 19.1. The predicted octanol–water partition coefficient (Wildman–Crippen LogP) is 3.75. The number of hydrogen-bond donors (Lipinski definition) is 1. The summed E-state index contributed by atoms with van der Waals surface area (Å²) in [6.07, 6.45) is 0. The maximum absolute atomic E-state index is 12.8. The number of halogens is 1. The van der Waals surface area contributed by atoms with Crippen molar-refractivity contribution in [2.24, 2.45) is 0 Å². The van der Waals surface area contributed by atoms with Crippen LogP contribution in [-0.4, -0.2) is 7.11 Å². The molecular weight excluding hydrogens is 229 g/mol. The summed E-state index contributed by atoms with van der Waals surface area (Å²) in [5.41, 5.74) is 3.12. The molecule has 1 N–H and O–H groups in total. The second-order valence-corrected chi connectivity index (χ2v) is 4.18. The van der Waals surface area contributed by atoms with Gasteiger partial charge in [-0.1, -0.05) is 18.2 Å². The second-order valence-electron chi connectivity index (χ2n) is 4.18. The van der Waals surface area contributed by atoms with Gasteiger partial charge in [-0.25, -0.2) is 4.39 Å². The molecule has 0 radical (unpaired) electrons. The Kier molecular flexibility index (Phi) is 3.82. The number of ether oxygens (including phenoxy) is 1. The van der Waals surface area contributed by atoms with Crippen LogP contribution >= 0.6 is 0 Å². The van der Waals surface area contributed by atoms with Gasteiger partial charge in [-0.05, 0) is 42.3 Å². The topological polar surface area (TPSA) is 21.3 Å². The summed E-state index contributed by atoms with van der Waals surface area (Å²) in [6.45, 7) is 2.66. The van der Waals surface area contributed by atoms with E-state index in [1.807, 2.05) is 25.1 Å². The van der Waals surface area contributed by atoms with E-state index in [-0.39, 0.29) is 5.82 Å². The maximum atomic E-state index is 12.8. The summed E-state index contributed by atoms with van der Waals surface area (Å²) in [7, 11) is 1.65.